The molecule has 0 bridgehead atoms. The second-order valence-electron chi connectivity index (χ2n) is 7.38. The number of nitrogens with one attached hydrogen (secondary N) is 2. The smallest absolute Gasteiger partial charge is 0.322 e. The van der Waals surface area contributed by atoms with Gasteiger partial charge in [-0.3, -0.25) is 4.79 Å². The van der Waals surface area contributed by atoms with E-state index in [0.717, 1.165) is 45.6 Å². The van der Waals surface area contributed by atoms with Gasteiger partial charge in [0.25, 0.3) is 0 Å². The van der Waals surface area contributed by atoms with E-state index in [9.17, 15) is 9.59 Å². The van der Waals surface area contributed by atoms with Crippen LogP contribution in [0.4, 0.5) is 16.2 Å². The molecule has 156 valence electrons. The molecule has 5 nitrogen and oxygen atoms in total. The fourth-order valence-corrected chi connectivity index (χ4v) is 3.80. The molecule has 0 fully saturated rings. The van der Waals surface area contributed by atoms with E-state index in [4.69, 9.17) is 11.6 Å². The topological polar surface area (TPSA) is 61.4 Å². The minimum Gasteiger partial charge on any atom is -0.324 e. The van der Waals surface area contributed by atoms with E-state index < -0.39 is 0 Å². The zero-order chi connectivity index (χ0) is 21.7. The second-order valence-corrected chi connectivity index (χ2v) is 7.78. The molecule has 0 saturated carbocycles. The van der Waals surface area contributed by atoms with Crippen LogP contribution in [-0.4, -0.2) is 30.4 Å². The van der Waals surface area contributed by atoms with Crippen molar-refractivity contribution in [1.82, 2.24) is 4.90 Å². The van der Waals surface area contributed by atoms with E-state index in [0.29, 0.717) is 11.4 Å². The Morgan fingerprint density at radius 1 is 0.966 bits per heavy atom. The molecular weight excluding hydrogens is 386 g/mol. The Labute approximate surface area is 178 Å². The van der Waals surface area contributed by atoms with Crippen LogP contribution in [0.1, 0.15) is 41.7 Å². The van der Waals surface area contributed by atoms with Crippen molar-refractivity contribution in [2.75, 3.05) is 24.2 Å². The van der Waals surface area contributed by atoms with Gasteiger partial charge in [-0.15, -0.1) is 0 Å². The number of amides is 3. The molecule has 2 rings (SSSR count). The first-order chi connectivity index (χ1) is 13.7. The van der Waals surface area contributed by atoms with Crippen molar-refractivity contribution in [3.8, 4) is 0 Å². The summed E-state index contributed by atoms with van der Waals surface area (Å²) in [5.41, 5.74) is 6.61. The van der Waals surface area contributed by atoms with E-state index in [1.54, 1.807) is 7.05 Å². The third-order valence-corrected chi connectivity index (χ3v) is 5.33. The van der Waals surface area contributed by atoms with Gasteiger partial charge in [-0.25, -0.2) is 4.79 Å². The fourth-order valence-electron chi connectivity index (χ4n) is 3.51. The average molecular weight is 416 g/mol. The van der Waals surface area contributed by atoms with Gasteiger partial charge in [-0.2, -0.15) is 0 Å². The summed E-state index contributed by atoms with van der Waals surface area (Å²) in [6.45, 7) is 9.92. The fraction of sp³-hybridized carbons (Fsp3) is 0.391. The van der Waals surface area contributed by atoms with Gasteiger partial charge in [0.05, 0.1) is 5.69 Å². The summed E-state index contributed by atoms with van der Waals surface area (Å²) < 4.78 is 0. The molecule has 2 aromatic carbocycles. The van der Waals surface area contributed by atoms with Crippen LogP contribution in [0.25, 0.3) is 0 Å². The normalized spacial score (nSPS) is 10.6. The number of hydrogen-bond acceptors (Lipinski definition) is 2. The van der Waals surface area contributed by atoms with E-state index in [1.807, 2.05) is 58.9 Å². The highest BCUT2D eigenvalue weighted by Gasteiger charge is 2.18. The van der Waals surface area contributed by atoms with Crippen LogP contribution < -0.4 is 10.6 Å². The van der Waals surface area contributed by atoms with Crippen LogP contribution in [-0.2, 0) is 17.6 Å². The highest BCUT2D eigenvalue weighted by Crippen LogP contribution is 2.29. The van der Waals surface area contributed by atoms with E-state index >= 15 is 0 Å². The Bertz CT molecular complexity index is 902. The Morgan fingerprint density at radius 3 is 2.14 bits per heavy atom. The third kappa shape index (κ3) is 5.51. The Kier molecular flexibility index (Phi) is 7.68. The van der Waals surface area contributed by atoms with Crippen molar-refractivity contribution in [2.24, 2.45) is 0 Å². The third-order valence-electron chi connectivity index (χ3n) is 4.98. The van der Waals surface area contributed by atoms with Crippen molar-refractivity contribution in [3.05, 3.63) is 57.1 Å². The number of halogens is 1. The maximum absolute atomic E-state index is 12.7. The molecule has 0 heterocycles. The second kappa shape index (κ2) is 9.79. The number of nitrogens with zero attached hydrogens (tertiary/aromatic N) is 1. The van der Waals surface area contributed by atoms with Gasteiger partial charge in [0.15, 0.2) is 0 Å². The highest BCUT2D eigenvalue weighted by atomic mass is 35.5. The maximum Gasteiger partial charge on any atom is 0.322 e. The minimum absolute atomic E-state index is 0.0535. The number of carbonyl (C=O) groups is 2. The molecule has 0 aliphatic rings. The van der Waals surface area contributed by atoms with Gasteiger partial charge < -0.3 is 15.5 Å². The van der Waals surface area contributed by atoms with Crippen molar-refractivity contribution >= 4 is 34.9 Å². The molecule has 0 spiro atoms. The van der Waals surface area contributed by atoms with Crippen LogP contribution in [0.15, 0.2) is 24.3 Å². The van der Waals surface area contributed by atoms with Gasteiger partial charge in [0, 0.05) is 17.8 Å². The van der Waals surface area contributed by atoms with Crippen LogP contribution in [0.5, 0.6) is 0 Å². The van der Waals surface area contributed by atoms with Crippen LogP contribution >= 0.6 is 11.6 Å². The molecule has 3 amide bonds. The number of aryl methyl sites for hydroxylation is 4. The lowest BCUT2D eigenvalue weighted by Gasteiger charge is -2.21. The molecule has 0 aliphatic carbocycles. The average Bonchev–Trinajstić information content (AvgIpc) is 2.65. The number of rotatable bonds is 6. The largest absolute Gasteiger partial charge is 0.324 e. The number of urea groups is 1. The summed E-state index contributed by atoms with van der Waals surface area (Å²) in [5.74, 6) is -0.241. The zero-order valence-corrected chi connectivity index (χ0v) is 18.8. The van der Waals surface area contributed by atoms with Crippen LogP contribution in [0.2, 0.25) is 5.02 Å². The molecular formula is C23H30ClN3O2. The molecule has 0 aliphatic heterocycles. The van der Waals surface area contributed by atoms with Crippen molar-refractivity contribution in [2.45, 2.75) is 47.5 Å². The first kappa shape index (κ1) is 22.8. The van der Waals surface area contributed by atoms with Crippen molar-refractivity contribution < 1.29 is 9.59 Å². The predicted molar refractivity (Wildman–Crippen MR) is 121 cm³/mol. The predicted octanol–water partition coefficient (Wildman–Crippen LogP) is 5.49. The van der Waals surface area contributed by atoms with E-state index in [1.165, 1.54) is 4.90 Å². The summed E-state index contributed by atoms with van der Waals surface area (Å²) in [4.78, 5) is 26.6. The molecule has 6 heteroatoms. The lowest BCUT2D eigenvalue weighted by Crippen LogP contribution is -2.38. The molecule has 29 heavy (non-hydrogen) atoms. The standard InChI is InChI=1S/C23H30ClN3O2/c1-7-17-9-10-19(24)18(8-2)22(17)26-23(29)27(6)13-20(28)25-21-15(4)11-14(3)12-16(21)5/h9-12H,7-8,13H2,1-6H3,(H,25,28)(H,26,29). The van der Waals surface area contributed by atoms with E-state index in [-0.39, 0.29) is 18.5 Å². The number of likely N-dealkylation sites (N-methyl/N-ethyl adjacent to an activating group) is 1. The van der Waals surface area contributed by atoms with Gasteiger partial charge in [0.1, 0.15) is 6.54 Å². The summed E-state index contributed by atoms with van der Waals surface area (Å²) in [5, 5.41) is 6.50. The van der Waals surface area contributed by atoms with Crippen LogP contribution in [0.3, 0.4) is 0 Å². The van der Waals surface area contributed by atoms with Crippen molar-refractivity contribution in [1.29, 1.82) is 0 Å². The summed E-state index contributed by atoms with van der Waals surface area (Å²) in [6.07, 6.45) is 1.48. The number of benzene rings is 2. The molecule has 0 radical (unpaired) electrons. The molecule has 2 N–H and O–H groups in total. The summed E-state index contributed by atoms with van der Waals surface area (Å²) in [7, 11) is 1.60. The lowest BCUT2D eigenvalue weighted by atomic mass is 10.0. The Hall–Kier alpha value is -2.53. The monoisotopic (exact) mass is 415 g/mol. The molecule has 0 atom stereocenters. The van der Waals surface area contributed by atoms with Gasteiger partial charge >= 0.3 is 6.03 Å². The molecule has 0 unspecified atom stereocenters. The minimum atomic E-state index is -0.343. The van der Waals surface area contributed by atoms with E-state index in [2.05, 4.69) is 10.6 Å². The quantitative estimate of drug-likeness (QED) is 0.655. The zero-order valence-electron chi connectivity index (χ0n) is 18.1. The summed E-state index contributed by atoms with van der Waals surface area (Å²) >= 11 is 6.31. The van der Waals surface area contributed by atoms with Gasteiger partial charge in [-0.1, -0.05) is 49.2 Å². The summed E-state index contributed by atoms with van der Waals surface area (Å²) in [6, 6.07) is 7.49. The molecule has 0 saturated heterocycles. The number of anilines is 2. The van der Waals surface area contributed by atoms with Crippen molar-refractivity contribution in [3.63, 3.8) is 0 Å². The van der Waals surface area contributed by atoms with Crippen LogP contribution in [0, 0.1) is 20.8 Å². The lowest BCUT2D eigenvalue weighted by molar-refractivity contribution is -0.116. The SMILES string of the molecule is CCc1ccc(Cl)c(CC)c1NC(=O)N(C)CC(=O)Nc1c(C)cc(C)cc1C. The Morgan fingerprint density at radius 2 is 1.59 bits per heavy atom. The first-order valence-electron chi connectivity index (χ1n) is 9.87. The van der Waals surface area contributed by atoms with Gasteiger partial charge in [-0.05, 0) is 61.9 Å². The maximum atomic E-state index is 12.7. The Balaban J connectivity index is 2.10. The number of hydrogen-bond donors (Lipinski definition) is 2. The first-order valence-corrected chi connectivity index (χ1v) is 10.3. The van der Waals surface area contributed by atoms with Gasteiger partial charge in [0.2, 0.25) is 5.91 Å². The molecule has 2 aromatic rings. The number of carbonyl (C=O) groups excluding carboxylic acids is 2. The molecule has 0 aromatic heterocycles. The highest BCUT2D eigenvalue weighted by molar-refractivity contribution is 6.32.